The number of ether oxygens (including phenoxy) is 2. The molecule has 0 fully saturated rings. The Morgan fingerprint density at radius 3 is 1.64 bits per heavy atom. The minimum absolute atomic E-state index is 0.354. The largest absolute Gasteiger partial charge is 0.508 e. The van der Waals surface area contributed by atoms with Crippen molar-refractivity contribution in [1.29, 1.82) is 0 Å². The van der Waals surface area contributed by atoms with Gasteiger partial charge in [0.15, 0.2) is 0 Å². The average Bonchev–Trinajstić information content (AvgIpc) is 2.68. The molecule has 0 aromatic rings. The van der Waals surface area contributed by atoms with Crippen LogP contribution in [0.5, 0.6) is 0 Å². The summed E-state index contributed by atoms with van der Waals surface area (Å²) in [6.07, 6.45) is 25.1. The number of hydrogen-bond donors (Lipinski definition) is 0. The van der Waals surface area contributed by atoms with Crippen molar-refractivity contribution in [3.63, 3.8) is 0 Å². The summed E-state index contributed by atoms with van der Waals surface area (Å²) in [7, 11) is 0. The van der Waals surface area contributed by atoms with Gasteiger partial charge in [-0.3, -0.25) is 0 Å². The molecule has 0 aliphatic heterocycles. The second-order valence-electron chi connectivity index (χ2n) is 8.45. The van der Waals surface area contributed by atoms with Crippen LogP contribution in [-0.4, -0.2) is 19.4 Å². The first-order valence-electron chi connectivity index (χ1n) is 12.1. The zero-order chi connectivity index (χ0) is 20.7. The number of allylic oxidation sites excluding steroid dienone is 2. The summed E-state index contributed by atoms with van der Waals surface area (Å²) in [6.45, 7) is 7.23. The molecule has 28 heavy (non-hydrogen) atoms. The minimum atomic E-state index is -0.521. The van der Waals surface area contributed by atoms with E-state index in [0.29, 0.717) is 19.1 Å². The van der Waals surface area contributed by atoms with Crippen molar-refractivity contribution in [3.8, 4) is 0 Å². The number of rotatable bonds is 20. The second kappa shape index (κ2) is 22.3. The highest BCUT2D eigenvalue weighted by atomic mass is 16.7. The molecule has 0 saturated heterocycles. The van der Waals surface area contributed by atoms with E-state index < -0.39 is 6.16 Å². The fourth-order valence-corrected chi connectivity index (χ4v) is 3.14. The van der Waals surface area contributed by atoms with E-state index in [1.807, 2.05) is 13.8 Å². The molecule has 0 aliphatic rings. The van der Waals surface area contributed by atoms with Crippen molar-refractivity contribution in [1.82, 2.24) is 0 Å². The summed E-state index contributed by atoms with van der Waals surface area (Å²) >= 11 is 0. The third-order valence-electron chi connectivity index (χ3n) is 4.91. The molecule has 0 bridgehead atoms. The second-order valence-corrected chi connectivity index (χ2v) is 8.45. The van der Waals surface area contributed by atoms with Gasteiger partial charge in [-0.05, 0) is 38.0 Å². The van der Waals surface area contributed by atoms with Crippen LogP contribution in [-0.2, 0) is 9.47 Å². The monoisotopic (exact) mass is 396 g/mol. The lowest BCUT2D eigenvalue weighted by Gasteiger charge is -2.07. The summed E-state index contributed by atoms with van der Waals surface area (Å²) in [5, 5.41) is 0. The van der Waals surface area contributed by atoms with Gasteiger partial charge in [-0.15, -0.1) is 0 Å². The Bertz CT molecular complexity index is 350. The molecule has 0 saturated carbocycles. The maximum absolute atomic E-state index is 11.3. The topological polar surface area (TPSA) is 35.5 Å². The first kappa shape index (κ1) is 27.0. The van der Waals surface area contributed by atoms with E-state index in [1.165, 1.54) is 89.9 Å². The third kappa shape index (κ3) is 23.0. The molecular formula is C25H48O3. The van der Waals surface area contributed by atoms with Gasteiger partial charge in [-0.25, -0.2) is 4.79 Å². The Balaban J connectivity index is 3.16. The Morgan fingerprint density at radius 1 is 0.679 bits per heavy atom. The molecule has 0 radical (unpaired) electrons. The van der Waals surface area contributed by atoms with Crippen molar-refractivity contribution >= 4 is 6.16 Å². The lowest BCUT2D eigenvalue weighted by atomic mass is 10.1. The molecule has 0 amide bonds. The van der Waals surface area contributed by atoms with Crippen LogP contribution in [0.3, 0.4) is 0 Å². The van der Waals surface area contributed by atoms with Crippen LogP contribution in [0.1, 0.15) is 124 Å². The highest BCUT2D eigenvalue weighted by Gasteiger charge is 2.04. The fraction of sp³-hybridized carbons (Fsp3) is 0.880. The average molecular weight is 397 g/mol. The maximum atomic E-state index is 11.3. The molecule has 3 heteroatoms. The van der Waals surface area contributed by atoms with Crippen molar-refractivity contribution in [2.75, 3.05) is 13.2 Å². The fourth-order valence-electron chi connectivity index (χ4n) is 3.14. The molecule has 0 aromatic heterocycles. The Hall–Kier alpha value is -0.990. The zero-order valence-electron chi connectivity index (χ0n) is 19.2. The minimum Gasteiger partial charge on any atom is -0.434 e. The highest BCUT2D eigenvalue weighted by Crippen LogP contribution is 2.11. The predicted molar refractivity (Wildman–Crippen MR) is 121 cm³/mol. The normalized spacial score (nSPS) is 11.4. The SMILES string of the molecule is CCCCCCCCCC/C=C\CCCCCCCCOC(=O)OCC(C)C. The number of hydrogen-bond acceptors (Lipinski definition) is 3. The van der Waals surface area contributed by atoms with Crippen LogP contribution >= 0.6 is 0 Å². The van der Waals surface area contributed by atoms with Crippen molar-refractivity contribution < 1.29 is 14.3 Å². The molecule has 3 nitrogen and oxygen atoms in total. The molecule has 0 unspecified atom stereocenters. The van der Waals surface area contributed by atoms with Gasteiger partial charge >= 0.3 is 6.16 Å². The van der Waals surface area contributed by atoms with Gasteiger partial charge in [0, 0.05) is 0 Å². The Kier molecular flexibility index (Phi) is 21.5. The standard InChI is InChI=1S/C25H48O3/c1-4-5-6-7-8-9-10-11-12-13-14-15-16-17-18-19-20-21-22-27-25(26)28-23-24(2)3/h13-14,24H,4-12,15-23H2,1-3H3/b14-13-. The van der Waals surface area contributed by atoms with E-state index in [1.54, 1.807) is 0 Å². The van der Waals surface area contributed by atoms with Gasteiger partial charge < -0.3 is 9.47 Å². The maximum Gasteiger partial charge on any atom is 0.508 e. The molecule has 0 spiro atoms. The summed E-state index contributed by atoms with van der Waals surface area (Å²) in [5.74, 6) is 0.354. The highest BCUT2D eigenvalue weighted by molar-refractivity contribution is 5.59. The number of carbonyl (C=O) groups is 1. The van der Waals surface area contributed by atoms with Crippen LogP contribution in [0.4, 0.5) is 4.79 Å². The van der Waals surface area contributed by atoms with E-state index in [4.69, 9.17) is 9.47 Å². The zero-order valence-corrected chi connectivity index (χ0v) is 19.2. The smallest absolute Gasteiger partial charge is 0.434 e. The van der Waals surface area contributed by atoms with E-state index in [0.717, 1.165) is 12.8 Å². The van der Waals surface area contributed by atoms with E-state index in [2.05, 4.69) is 19.1 Å². The van der Waals surface area contributed by atoms with Gasteiger partial charge in [0.05, 0.1) is 13.2 Å². The molecule has 0 rings (SSSR count). The summed E-state index contributed by atoms with van der Waals surface area (Å²) in [6, 6.07) is 0. The lowest BCUT2D eigenvalue weighted by Crippen LogP contribution is -2.12. The Morgan fingerprint density at radius 2 is 1.14 bits per heavy atom. The molecule has 0 heterocycles. The summed E-state index contributed by atoms with van der Waals surface area (Å²) in [4.78, 5) is 11.3. The molecule has 0 aromatic carbocycles. The molecular weight excluding hydrogens is 348 g/mol. The number of unbranched alkanes of at least 4 members (excludes halogenated alkanes) is 14. The van der Waals surface area contributed by atoms with Crippen LogP contribution in [0.15, 0.2) is 12.2 Å². The van der Waals surface area contributed by atoms with Crippen LogP contribution in [0, 0.1) is 5.92 Å². The van der Waals surface area contributed by atoms with Gasteiger partial charge in [0.1, 0.15) is 0 Å². The van der Waals surface area contributed by atoms with Crippen LogP contribution < -0.4 is 0 Å². The third-order valence-corrected chi connectivity index (χ3v) is 4.91. The van der Waals surface area contributed by atoms with Gasteiger partial charge in [0.2, 0.25) is 0 Å². The first-order chi connectivity index (χ1) is 13.7. The molecule has 166 valence electrons. The predicted octanol–water partition coefficient (Wildman–Crippen LogP) is 8.61. The van der Waals surface area contributed by atoms with Crippen molar-refractivity contribution in [2.24, 2.45) is 5.92 Å². The summed E-state index contributed by atoms with van der Waals surface area (Å²) < 4.78 is 10.0. The first-order valence-corrected chi connectivity index (χ1v) is 12.1. The van der Waals surface area contributed by atoms with E-state index in [-0.39, 0.29) is 0 Å². The van der Waals surface area contributed by atoms with Crippen molar-refractivity contribution in [3.05, 3.63) is 12.2 Å². The van der Waals surface area contributed by atoms with Crippen LogP contribution in [0.25, 0.3) is 0 Å². The van der Waals surface area contributed by atoms with Gasteiger partial charge in [-0.1, -0.05) is 104 Å². The molecule has 0 N–H and O–H groups in total. The van der Waals surface area contributed by atoms with Gasteiger partial charge in [-0.2, -0.15) is 0 Å². The lowest BCUT2D eigenvalue weighted by molar-refractivity contribution is 0.0465. The number of carbonyl (C=O) groups excluding carboxylic acids is 1. The summed E-state index contributed by atoms with van der Waals surface area (Å²) in [5.41, 5.74) is 0. The van der Waals surface area contributed by atoms with Gasteiger partial charge in [0.25, 0.3) is 0 Å². The van der Waals surface area contributed by atoms with E-state index >= 15 is 0 Å². The van der Waals surface area contributed by atoms with Crippen LogP contribution in [0.2, 0.25) is 0 Å². The quantitative estimate of drug-likeness (QED) is 0.117. The van der Waals surface area contributed by atoms with Crippen molar-refractivity contribution in [2.45, 2.75) is 124 Å². The molecule has 0 aliphatic carbocycles. The Labute approximate surface area is 175 Å². The molecule has 0 atom stereocenters. The van der Waals surface area contributed by atoms with E-state index in [9.17, 15) is 4.79 Å².